The number of rotatable bonds is 5. The van der Waals surface area contributed by atoms with E-state index in [0.717, 1.165) is 16.7 Å². The molecule has 0 unspecified atom stereocenters. The summed E-state index contributed by atoms with van der Waals surface area (Å²) in [4.78, 5) is 10.8. The predicted octanol–water partition coefficient (Wildman–Crippen LogP) is 4.38. The van der Waals surface area contributed by atoms with Crippen LogP contribution in [0.25, 0.3) is 16.7 Å². The normalized spacial score (nSPS) is 11.3. The molecule has 0 bridgehead atoms. The maximum Gasteiger partial charge on any atom is 0.328 e. The Morgan fingerprint density at radius 2 is 1.91 bits per heavy atom. The van der Waals surface area contributed by atoms with E-state index in [1.54, 1.807) is 36.4 Å². The van der Waals surface area contributed by atoms with Gasteiger partial charge in [-0.15, -0.1) is 0 Å². The molecule has 0 aliphatic carbocycles. The van der Waals surface area contributed by atoms with Crippen molar-refractivity contribution in [3.05, 3.63) is 59.9 Å². The number of ether oxygens (including phenoxy) is 1. The number of carboxylic acids is 1. The summed E-state index contributed by atoms with van der Waals surface area (Å²) in [6, 6.07) is 11.9. The molecule has 114 valence electrons. The van der Waals surface area contributed by atoms with Crippen LogP contribution in [0.5, 0.6) is 5.75 Å². The van der Waals surface area contributed by atoms with Crippen molar-refractivity contribution < 1.29 is 19.0 Å². The van der Waals surface area contributed by atoms with Crippen molar-refractivity contribution in [3.63, 3.8) is 0 Å². The molecule has 2 rings (SSSR count). The van der Waals surface area contributed by atoms with E-state index in [4.69, 9.17) is 9.84 Å². The first-order chi connectivity index (χ1) is 10.5. The Morgan fingerprint density at radius 1 is 1.23 bits per heavy atom. The van der Waals surface area contributed by atoms with E-state index in [2.05, 4.69) is 0 Å². The Bertz CT molecular complexity index is 703. The lowest BCUT2D eigenvalue weighted by Crippen LogP contribution is -1.92. The molecule has 0 spiro atoms. The van der Waals surface area contributed by atoms with Crippen molar-refractivity contribution in [2.45, 2.75) is 13.3 Å². The first kappa shape index (κ1) is 15.8. The van der Waals surface area contributed by atoms with Crippen LogP contribution < -0.4 is 4.74 Å². The van der Waals surface area contributed by atoms with Gasteiger partial charge in [0, 0.05) is 17.7 Å². The molecule has 2 aromatic carbocycles. The quantitative estimate of drug-likeness (QED) is 0.834. The number of carboxylic acid groups (broad SMARTS) is 1. The zero-order valence-electron chi connectivity index (χ0n) is 12.5. The molecule has 4 heteroatoms. The van der Waals surface area contributed by atoms with E-state index in [-0.39, 0.29) is 5.82 Å². The molecular weight excluding hydrogens is 283 g/mol. The lowest BCUT2D eigenvalue weighted by Gasteiger charge is -2.08. The highest BCUT2D eigenvalue weighted by Crippen LogP contribution is 2.28. The minimum Gasteiger partial charge on any atom is -0.497 e. The van der Waals surface area contributed by atoms with Crippen LogP contribution in [-0.4, -0.2) is 18.2 Å². The molecule has 1 N–H and O–H groups in total. The molecule has 2 aromatic rings. The van der Waals surface area contributed by atoms with Gasteiger partial charge in [-0.05, 0) is 35.3 Å². The second-order valence-electron chi connectivity index (χ2n) is 4.78. The van der Waals surface area contributed by atoms with Gasteiger partial charge in [0.2, 0.25) is 0 Å². The largest absolute Gasteiger partial charge is 0.497 e. The summed E-state index contributed by atoms with van der Waals surface area (Å²) in [5, 5.41) is 8.86. The summed E-state index contributed by atoms with van der Waals surface area (Å²) in [5.41, 5.74) is 2.76. The molecule has 0 amide bonds. The van der Waals surface area contributed by atoms with Gasteiger partial charge in [0.25, 0.3) is 0 Å². The number of benzene rings is 2. The van der Waals surface area contributed by atoms with Crippen molar-refractivity contribution in [3.8, 4) is 16.9 Å². The average molecular weight is 300 g/mol. The third kappa shape index (κ3) is 3.52. The van der Waals surface area contributed by atoms with Gasteiger partial charge in [0.15, 0.2) is 0 Å². The van der Waals surface area contributed by atoms with Crippen LogP contribution in [0.15, 0.2) is 48.5 Å². The predicted molar refractivity (Wildman–Crippen MR) is 84.3 cm³/mol. The van der Waals surface area contributed by atoms with Gasteiger partial charge < -0.3 is 9.84 Å². The molecule has 0 aliphatic rings. The number of aliphatic carboxylic acids is 1. The van der Waals surface area contributed by atoms with Crippen molar-refractivity contribution in [1.29, 1.82) is 0 Å². The zero-order chi connectivity index (χ0) is 16.1. The van der Waals surface area contributed by atoms with Crippen LogP contribution in [-0.2, 0) is 4.79 Å². The van der Waals surface area contributed by atoms with Crippen molar-refractivity contribution in [2.24, 2.45) is 0 Å². The fraction of sp³-hybridized carbons (Fsp3) is 0.167. The fourth-order valence-electron chi connectivity index (χ4n) is 2.26. The molecule has 0 aliphatic heterocycles. The summed E-state index contributed by atoms with van der Waals surface area (Å²) in [5.74, 6) is -0.860. The van der Waals surface area contributed by atoms with Crippen LogP contribution in [0.4, 0.5) is 4.39 Å². The highest BCUT2D eigenvalue weighted by Gasteiger charge is 2.08. The maximum absolute atomic E-state index is 14.1. The van der Waals surface area contributed by atoms with E-state index in [1.807, 2.05) is 6.92 Å². The number of halogens is 1. The minimum atomic E-state index is -0.970. The Labute approximate surface area is 128 Å². The highest BCUT2D eigenvalue weighted by atomic mass is 19.1. The summed E-state index contributed by atoms with van der Waals surface area (Å²) in [6.45, 7) is 1.89. The Kier molecular flexibility index (Phi) is 4.94. The summed E-state index contributed by atoms with van der Waals surface area (Å²) >= 11 is 0. The van der Waals surface area contributed by atoms with Crippen molar-refractivity contribution in [2.75, 3.05) is 7.11 Å². The lowest BCUT2D eigenvalue weighted by atomic mass is 9.98. The van der Waals surface area contributed by atoms with E-state index in [1.165, 1.54) is 19.3 Å². The summed E-state index contributed by atoms with van der Waals surface area (Å²) in [6.07, 6.45) is 1.81. The molecule has 0 radical (unpaired) electrons. The maximum atomic E-state index is 14.1. The van der Waals surface area contributed by atoms with Crippen LogP contribution in [0.3, 0.4) is 0 Å². The minimum absolute atomic E-state index is 0.358. The standard InChI is InChI=1S/C18H17FO3/c1-3-12(10-18(20)21)13-4-6-14(7-5-13)16-9-8-15(22-2)11-17(16)19/h4-11H,3H2,1-2H3,(H,20,21)/b12-10+. The van der Waals surface area contributed by atoms with Gasteiger partial charge in [0.1, 0.15) is 11.6 Å². The summed E-state index contributed by atoms with van der Waals surface area (Å²) in [7, 11) is 1.49. The van der Waals surface area contributed by atoms with E-state index < -0.39 is 5.97 Å². The smallest absolute Gasteiger partial charge is 0.328 e. The van der Waals surface area contributed by atoms with Crippen LogP contribution >= 0.6 is 0 Å². The Morgan fingerprint density at radius 3 is 2.41 bits per heavy atom. The first-order valence-corrected chi connectivity index (χ1v) is 6.93. The number of methoxy groups -OCH3 is 1. The molecule has 0 aromatic heterocycles. The molecule has 3 nitrogen and oxygen atoms in total. The number of carbonyl (C=O) groups is 1. The zero-order valence-corrected chi connectivity index (χ0v) is 12.5. The van der Waals surface area contributed by atoms with Crippen molar-refractivity contribution in [1.82, 2.24) is 0 Å². The van der Waals surface area contributed by atoms with Gasteiger partial charge in [-0.25, -0.2) is 9.18 Å². The topological polar surface area (TPSA) is 46.5 Å². The third-order valence-electron chi connectivity index (χ3n) is 3.42. The van der Waals surface area contributed by atoms with Crippen LogP contribution in [0.1, 0.15) is 18.9 Å². The van der Waals surface area contributed by atoms with E-state index in [0.29, 0.717) is 17.7 Å². The Hall–Kier alpha value is -2.62. The number of hydrogen-bond acceptors (Lipinski definition) is 2. The molecule has 0 atom stereocenters. The van der Waals surface area contributed by atoms with Crippen molar-refractivity contribution >= 4 is 11.5 Å². The van der Waals surface area contributed by atoms with E-state index >= 15 is 0 Å². The molecule has 0 saturated heterocycles. The molecule has 0 saturated carbocycles. The van der Waals surface area contributed by atoms with E-state index in [9.17, 15) is 9.18 Å². The molecule has 22 heavy (non-hydrogen) atoms. The van der Waals surface area contributed by atoms with Gasteiger partial charge in [0.05, 0.1) is 7.11 Å². The number of allylic oxidation sites excluding steroid dienone is 1. The second-order valence-corrected chi connectivity index (χ2v) is 4.78. The van der Waals surface area contributed by atoms with Crippen LogP contribution in [0.2, 0.25) is 0 Å². The SMILES string of the molecule is CC/C(=C\C(=O)O)c1ccc(-c2ccc(OC)cc2F)cc1. The van der Waals surface area contributed by atoms with Crippen LogP contribution in [0, 0.1) is 5.82 Å². The monoisotopic (exact) mass is 300 g/mol. The highest BCUT2D eigenvalue weighted by molar-refractivity contribution is 5.90. The molecule has 0 heterocycles. The third-order valence-corrected chi connectivity index (χ3v) is 3.42. The molecular formula is C18H17FO3. The lowest BCUT2D eigenvalue weighted by molar-refractivity contribution is -0.131. The van der Waals surface area contributed by atoms with Gasteiger partial charge >= 0.3 is 5.97 Å². The summed E-state index contributed by atoms with van der Waals surface area (Å²) < 4.78 is 19.0. The van der Waals surface area contributed by atoms with Gasteiger partial charge in [-0.3, -0.25) is 0 Å². The average Bonchev–Trinajstić information content (AvgIpc) is 2.52. The molecule has 0 fully saturated rings. The number of hydrogen-bond donors (Lipinski definition) is 1. The van der Waals surface area contributed by atoms with Gasteiger partial charge in [-0.1, -0.05) is 31.2 Å². The fourth-order valence-corrected chi connectivity index (χ4v) is 2.26. The first-order valence-electron chi connectivity index (χ1n) is 6.93. The second kappa shape index (κ2) is 6.89. The van der Waals surface area contributed by atoms with Gasteiger partial charge in [-0.2, -0.15) is 0 Å². The Balaban J connectivity index is 2.35.